The number of hydrogen-bond acceptors (Lipinski definition) is 18. The molecule has 0 bridgehead atoms. The molecule has 0 aromatic carbocycles. The van der Waals surface area contributed by atoms with Gasteiger partial charge in [-0.2, -0.15) is 0 Å². The van der Waals surface area contributed by atoms with Crippen LogP contribution in [0.1, 0.15) is 84.5 Å². The average Bonchev–Trinajstić information content (AvgIpc) is 3.24. The zero-order valence-corrected chi connectivity index (χ0v) is 34.7. The van der Waals surface area contributed by atoms with Crippen LogP contribution in [0.2, 0.25) is 0 Å². The number of amides is 1. The molecule has 0 saturated carbocycles. The molecule has 348 valence electrons. The van der Waals surface area contributed by atoms with E-state index >= 15 is 0 Å². The Morgan fingerprint density at radius 2 is 1.08 bits per heavy atom. The lowest BCUT2D eigenvalue weighted by Gasteiger charge is -2.48. The second-order valence-corrected chi connectivity index (χ2v) is 15.4. The van der Waals surface area contributed by atoms with Gasteiger partial charge in [0.1, 0.15) is 73.2 Å². The zero-order chi connectivity index (χ0) is 44.2. The van der Waals surface area contributed by atoms with Gasteiger partial charge in [-0.1, -0.05) is 76.0 Å². The molecule has 60 heavy (non-hydrogen) atoms. The van der Waals surface area contributed by atoms with Crippen molar-refractivity contribution in [2.45, 2.75) is 189 Å². The maximum absolute atomic E-state index is 12.9. The van der Waals surface area contributed by atoms with Crippen LogP contribution in [-0.2, 0) is 33.2 Å². The number of allylic oxidation sites excluding steroid dienone is 5. The van der Waals surface area contributed by atoms with Crippen molar-refractivity contribution in [2.75, 3.05) is 26.4 Å². The Kier molecular flexibility index (Phi) is 24.4. The van der Waals surface area contributed by atoms with Gasteiger partial charge in [0.05, 0.1) is 38.6 Å². The molecule has 19 heteroatoms. The van der Waals surface area contributed by atoms with Crippen LogP contribution in [0.3, 0.4) is 0 Å². The van der Waals surface area contributed by atoms with E-state index in [1.165, 1.54) is 0 Å². The van der Waals surface area contributed by atoms with E-state index in [0.29, 0.717) is 12.8 Å². The van der Waals surface area contributed by atoms with E-state index in [2.05, 4.69) is 43.5 Å². The lowest BCUT2D eigenvalue weighted by molar-refractivity contribution is -0.379. The lowest BCUT2D eigenvalue weighted by atomic mass is 9.96. The number of aliphatic hydroxyl groups excluding tert-OH is 11. The van der Waals surface area contributed by atoms with Crippen LogP contribution < -0.4 is 5.32 Å². The molecule has 0 aliphatic carbocycles. The predicted octanol–water partition coefficient (Wildman–Crippen LogP) is -1.70. The van der Waals surface area contributed by atoms with Gasteiger partial charge < -0.3 is 89.9 Å². The SMILES string of the molecule is CC/C=C/CC/C=C/CC/C=C/C(O)C(COC1OC(CO)C(OC2OC(CO)C(OC3OC(CO)C(O)C(O)C3O)C(O)C2O)C(O)C1O)NC(=O)CCCCCCC. The number of carbonyl (C=O) groups excluding carboxylic acids is 1. The highest BCUT2D eigenvalue weighted by Crippen LogP contribution is 2.32. The monoisotopic (exact) mass is 865 g/mol. The van der Waals surface area contributed by atoms with Crippen molar-refractivity contribution in [3.63, 3.8) is 0 Å². The van der Waals surface area contributed by atoms with Crippen LogP contribution in [0.4, 0.5) is 0 Å². The number of hydrogen-bond donors (Lipinski definition) is 12. The van der Waals surface area contributed by atoms with E-state index in [4.69, 9.17) is 28.4 Å². The summed E-state index contributed by atoms with van der Waals surface area (Å²) < 4.78 is 33.8. The Labute approximate surface area is 351 Å². The van der Waals surface area contributed by atoms with E-state index < -0.39 is 124 Å². The highest BCUT2D eigenvalue weighted by molar-refractivity contribution is 5.76. The molecule has 1 amide bonds. The minimum Gasteiger partial charge on any atom is -0.394 e. The predicted molar refractivity (Wildman–Crippen MR) is 212 cm³/mol. The minimum absolute atomic E-state index is 0.226. The third kappa shape index (κ3) is 15.7. The normalized spacial score (nSPS) is 36.3. The van der Waals surface area contributed by atoms with Crippen molar-refractivity contribution in [1.82, 2.24) is 5.32 Å². The summed E-state index contributed by atoms with van der Waals surface area (Å²) in [5.41, 5.74) is 0. The molecule has 0 spiro atoms. The number of nitrogens with one attached hydrogen (secondary N) is 1. The van der Waals surface area contributed by atoms with Gasteiger partial charge in [0.25, 0.3) is 0 Å². The Balaban J connectivity index is 1.63. The summed E-state index contributed by atoms with van der Waals surface area (Å²) in [6.07, 6.45) is -5.97. The minimum atomic E-state index is -1.98. The Morgan fingerprint density at radius 3 is 1.63 bits per heavy atom. The number of ether oxygens (including phenoxy) is 6. The van der Waals surface area contributed by atoms with E-state index in [1.807, 2.05) is 0 Å². The fourth-order valence-corrected chi connectivity index (χ4v) is 7.05. The van der Waals surface area contributed by atoms with Crippen LogP contribution in [0.15, 0.2) is 36.5 Å². The van der Waals surface area contributed by atoms with Gasteiger partial charge >= 0.3 is 0 Å². The van der Waals surface area contributed by atoms with Gasteiger partial charge in [0, 0.05) is 6.42 Å². The summed E-state index contributed by atoms with van der Waals surface area (Å²) in [4.78, 5) is 12.9. The van der Waals surface area contributed by atoms with Gasteiger partial charge in [-0.15, -0.1) is 0 Å². The van der Waals surface area contributed by atoms with Crippen LogP contribution in [0.5, 0.6) is 0 Å². The standard InChI is InChI=1S/C41H71NO18/c1-3-5-7-9-10-11-12-13-15-16-18-25(46)24(42-29(47)19-17-14-8-6-4-2)23-55-39-35(53)32(50)37(27(21-44)57-39)60-41-36(54)33(51)38(28(22-45)58-41)59-40-34(52)31(49)30(48)26(20-43)56-40/h5,7,11-12,16,18,24-28,30-41,43-46,48-54H,3-4,6,8-10,13-15,17,19-23H2,1-2H3,(H,42,47)/b7-5+,12-11+,18-16+. The Bertz CT molecular complexity index is 1270. The summed E-state index contributed by atoms with van der Waals surface area (Å²) in [6, 6.07) is -0.986. The summed E-state index contributed by atoms with van der Waals surface area (Å²) in [5.74, 6) is -0.310. The molecule has 19 nitrogen and oxygen atoms in total. The highest BCUT2D eigenvalue weighted by Gasteiger charge is 2.53. The van der Waals surface area contributed by atoms with E-state index in [9.17, 15) is 61.0 Å². The van der Waals surface area contributed by atoms with Gasteiger partial charge in [-0.05, 0) is 38.5 Å². The molecule has 17 unspecified atom stereocenters. The van der Waals surface area contributed by atoms with Gasteiger partial charge in [0.2, 0.25) is 5.91 Å². The fourth-order valence-electron chi connectivity index (χ4n) is 7.05. The van der Waals surface area contributed by atoms with Crippen LogP contribution in [0, 0.1) is 0 Å². The Morgan fingerprint density at radius 1 is 0.600 bits per heavy atom. The van der Waals surface area contributed by atoms with Crippen molar-refractivity contribution in [3.8, 4) is 0 Å². The van der Waals surface area contributed by atoms with Crippen LogP contribution >= 0.6 is 0 Å². The Hall–Kier alpha value is -1.99. The molecule has 12 N–H and O–H groups in total. The zero-order valence-electron chi connectivity index (χ0n) is 34.7. The third-order valence-corrected chi connectivity index (χ3v) is 10.7. The van der Waals surface area contributed by atoms with E-state index in [0.717, 1.165) is 51.4 Å². The second-order valence-electron chi connectivity index (χ2n) is 15.4. The first kappa shape index (κ1) is 52.4. The number of rotatable bonds is 26. The summed E-state index contributed by atoms with van der Waals surface area (Å²) in [6.45, 7) is 1.37. The van der Waals surface area contributed by atoms with E-state index in [1.54, 1.807) is 12.2 Å². The van der Waals surface area contributed by atoms with Crippen LogP contribution in [0.25, 0.3) is 0 Å². The third-order valence-electron chi connectivity index (χ3n) is 10.7. The van der Waals surface area contributed by atoms with Gasteiger partial charge in [-0.3, -0.25) is 4.79 Å². The van der Waals surface area contributed by atoms with Gasteiger partial charge in [0.15, 0.2) is 18.9 Å². The number of carbonyl (C=O) groups is 1. The first-order valence-electron chi connectivity index (χ1n) is 21.2. The highest BCUT2D eigenvalue weighted by atomic mass is 16.8. The molecule has 0 radical (unpaired) electrons. The molecule has 0 aromatic heterocycles. The van der Waals surface area contributed by atoms with Crippen molar-refractivity contribution in [1.29, 1.82) is 0 Å². The van der Waals surface area contributed by atoms with Crippen molar-refractivity contribution < 1.29 is 89.4 Å². The van der Waals surface area contributed by atoms with Gasteiger partial charge in [-0.25, -0.2) is 0 Å². The molecule has 0 aromatic rings. The second kappa shape index (κ2) is 27.9. The molecule has 17 atom stereocenters. The maximum atomic E-state index is 12.9. The van der Waals surface area contributed by atoms with E-state index in [-0.39, 0.29) is 18.9 Å². The van der Waals surface area contributed by atoms with Crippen LogP contribution in [-0.4, -0.2) is 193 Å². The number of aliphatic hydroxyl groups is 11. The average molecular weight is 866 g/mol. The summed E-state index contributed by atoms with van der Waals surface area (Å²) in [7, 11) is 0. The summed E-state index contributed by atoms with van der Waals surface area (Å²) >= 11 is 0. The fraction of sp³-hybridized carbons (Fsp3) is 0.829. The summed E-state index contributed by atoms with van der Waals surface area (Å²) in [5, 5.41) is 119. The lowest BCUT2D eigenvalue weighted by Crippen LogP contribution is -2.66. The molecular weight excluding hydrogens is 794 g/mol. The molecule has 3 aliphatic rings. The molecule has 3 rings (SSSR count). The molecule has 3 saturated heterocycles. The topological polar surface area (TPSA) is 307 Å². The van der Waals surface area contributed by atoms with Crippen molar-refractivity contribution >= 4 is 5.91 Å². The smallest absolute Gasteiger partial charge is 0.220 e. The van der Waals surface area contributed by atoms with Crippen molar-refractivity contribution in [2.24, 2.45) is 0 Å². The first-order chi connectivity index (χ1) is 28.8. The van der Waals surface area contributed by atoms with Crippen molar-refractivity contribution in [3.05, 3.63) is 36.5 Å². The number of unbranched alkanes of at least 4 members (excludes halogenated alkanes) is 6. The molecule has 3 fully saturated rings. The molecular formula is C41H71NO18. The molecule has 3 heterocycles. The first-order valence-corrected chi connectivity index (χ1v) is 21.2. The maximum Gasteiger partial charge on any atom is 0.220 e. The molecule has 3 aliphatic heterocycles. The largest absolute Gasteiger partial charge is 0.394 e. The quantitative estimate of drug-likeness (QED) is 0.0341.